The first-order valence-electron chi connectivity index (χ1n) is 7.13. The van der Waals surface area contributed by atoms with Gasteiger partial charge in [0.1, 0.15) is 6.04 Å². The molecule has 3 heteroatoms. The fourth-order valence-electron chi connectivity index (χ4n) is 2.90. The molecule has 0 aliphatic heterocycles. The zero-order chi connectivity index (χ0) is 13.8. The van der Waals surface area contributed by atoms with E-state index in [4.69, 9.17) is 0 Å². The molecule has 1 aliphatic rings. The van der Waals surface area contributed by atoms with Crippen LogP contribution >= 0.6 is 0 Å². The molecule has 0 bridgehead atoms. The number of nitrogens with one attached hydrogen (secondary N) is 1. The Morgan fingerprint density at radius 2 is 1.89 bits per heavy atom. The summed E-state index contributed by atoms with van der Waals surface area (Å²) in [5, 5.41) is 12.7. The Hall–Kier alpha value is -1.51. The van der Waals surface area contributed by atoms with Crippen molar-refractivity contribution in [3.8, 4) is 0 Å². The minimum Gasteiger partial charge on any atom is -0.480 e. The largest absolute Gasteiger partial charge is 0.480 e. The summed E-state index contributed by atoms with van der Waals surface area (Å²) >= 11 is 0. The molecule has 1 aliphatic carbocycles. The van der Waals surface area contributed by atoms with Gasteiger partial charge in [-0.2, -0.15) is 0 Å². The van der Waals surface area contributed by atoms with Gasteiger partial charge in [-0.1, -0.05) is 38.0 Å². The van der Waals surface area contributed by atoms with Crippen LogP contribution in [-0.4, -0.2) is 17.1 Å². The molecule has 0 saturated heterocycles. The highest BCUT2D eigenvalue weighted by Gasteiger charge is 2.31. The van der Waals surface area contributed by atoms with Crippen molar-refractivity contribution in [2.24, 2.45) is 11.8 Å². The lowest BCUT2D eigenvalue weighted by atomic mass is 9.79. The van der Waals surface area contributed by atoms with Crippen LogP contribution in [0.5, 0.6) is 0 Å². The monoisotopic (exact) mass is 261 g/mol. The lowest BCUT2D eigenvalue weighted by Crippen LogP contribution is -2.38. The molecule has 1 fully saturated rings. The van der Waals surface area contributed by atoms with Gasteiger partial charge in [0, 0.05) is 5.69 Å². The molecule has 1 unspecified atom stereocenters. The summed E-state index contributed by atoms with van der Waals surface area (Å²) in [5.41, 5.74) is 2.03. The molecule has 1 saturated carbocycles. The number of carboxylic acids is 1. The number of hydrogen-bond donors (Lipinski definition) is 2. The summed E-state index contributed by atoms with van der Waals surface area (Å²) in [4.78, 5) is 11.5. The molecule has 104 valence electrons. The van der Waals surface area contributed by atoms with Crippen LogP contribution < -0.4 is 5.32 Å². The first-order valence-corrected chi connectivity index (χ1v) is 7.13. The van der Waals surface area contributed by atoms with E-state index in [0.29, 0.717) is 0 Å². The van der Waals surface area contributed by atoms with Crippen LogP contribution in [0.15, 0.2) is 24.3 Å². The van der Waals surface area contributed by atoms with E-state index in [-0.39, 0.29) is 5.92 Å². The third-order valence-electron chi connectivity index (χ3n) is 4.25. The fourth-order valence-corrected chi connectivity index (χ4v) is 2.90. The van der Waals surface area contributed by atoms with Crippen LogP contribution in [0, 0.1) is 18.8 Å². The Bertz CT molecular complexity index is 436. The van der Waals surface area contributed by atoms with Crippen molar-refractivity contribution >= 4 is 11.7 Å². The lowest BCUT2D eigenvalue weighted by Gasteiger charge is -2.31. The summed E-state index contributed by atoms with van der Waals surface area (Å²) in [5.74, 6) is 0.250. The number of aliphatic carboxylic acids is 1. The van der Waals surface area contributed by atoms with E-state index < -0.39 is 12.0 Å². The molecule has 0 spiro atoms. The van der Waals surface area contributed by atoms with Gasteiger partial charge in [0.05, 0.1) is 0 Å². The number of hydrogen-bond acceptors (Lipinski definition) is 2. The molecule has 1 atom stereocenters. The summed E-state index contributed by atoms with van der Waals surface area (Å²) < 4.78 is 0. The van der Waals surface area contributed by atoms with Crippen molar-refractivity contribution in [2.45, 2.75) is 45.6 Å². The minimum atomic E-state index is -0.734. The Morgan fingerprint density at radius 1 is 1.26 bits per heavy atom. The molecule has 0 radical (unpaired) electrons. The van der Waals surface area contributed by atoms with Gasteiger partial charge >= 0.3 is 5.97 Å². The van der Waals surface area contributed by atoms with Gasteiger partial charge in [-0.05, 0) is 43.2 Å². The van der Waals surface area contributed by atoms with Crippen LogP contribution in [0.3, 0.4) is 0 Å². The molecule has 1 aromatic carbocycles. The van der Waals surface area contributed by atoms with Gasteiger partial charge in [-0.15, -0.1) is 0 Å². The van der Waals surface area contributed by atoms with E-state index in [2.05, 4.69) is 12.2 Å². The van der Waals surface area contributed by atoms with Crippen LogP contribution in [0.1, 0.15) is 38.2 Å². The van der Waals surface area contributed by atoms with Gasteiger partial charge in [-0.25, -0.2) is 4.79 Å². The zero-order valence-electron chi connectivity index (χ0n) is 11.7. The van der Waals surface area contributed by atoms with E-state index in [1.165, 1.54) is 0 Å². The Kier molecular flexibility index (Phi) is 4.46. The predicted octanol–water partition coefficient (Wildman–Crippen LogP) is 3.69. The van der Waals surface area contributed by atoms with E-state index in [1.807, 2.05) is 31.2 Å². The topological polar surface area (TPSA) is 49.3 Å². The second kappa shape index (κ2) is 6.09. The van der Waals surface area contributed by atoms with Crippen molar-refractivity contribution in [3.63, 3.8) is 0 Å². The van der Waals surface area contributed by atoms with Crippen LogP contribution in [0.2, 0.25) is 0 Å². The lowest BCUT2D eigenvalue weighted by molar-refractivity contribution is -0.139. The Balaban J connectivity index is 2.09. The maximum Gasteiger partial charge on any atom is 0.326 e. The summed E-state index contributed by atoms with van der Waals surface area (Å²) in [7, 11) is 0. The molecule has 0 aromatic heterocycles. The van der Waals surface area contributed by atoms with Crippen LogP contribution in [-0.2, 0) is 4.79 Å². The quantitative estimate of drug-likeness (QED) is 0.869. The SMILES string of the molecule is Cc1ccccc1NC(C(=O)O)C1CCC(C)CC1. The molecule has 0 amide bonds. The van der Waals surface area contributed by atoms with Gasteiger partial charge in [-0.3, -0.25) is 0 Å². The summed E-state index contributed by atoms with van der Waals surface area (Å²) in [6.45, 7) is 4.25. The fraction of sp³-hybridized carbons (Fsp3) is 0.562. The summed E-state index contributed by atoms with van der Waals surface area (Å²) in [6.07, 6.45) is 4.31. The predicted molar refractivity (Wildman–Crippen MR) is 77.3 cm³/mol. The second-order valence-electron chi connectivity index (χ2n) is 5.80. The molecule has 1 aromatic rings. The van der Waals surface area contributed by atoms with Crippen molar-refractivity contribution in [1.29, 1.82) is 0 Å². The molecular formula is C16H23NO2. The molecule has 19 heavy (non-hydrogen) atoms. The highest BCUT2D eigenvalue weighted by atomic mass is 16.4. The van der Waals surface area contributed by atoms with Gasteiger partial charge in [0.15, 0.2) is 0 Å². The number of rotatable bonds is 4. The smallest absolute Gasteiger partial charge is 0.326 e. The van der Waals surface area contributed by atoms with Crippen LogP contribution in [0.25, 0.3) is 0 Å². The standard InChI is InChI=1S/C16H23NO2/c1-11-7-9-13(10-8-11)15(16(18)19)17-14-6-4-3-5-12(14)2/h3-6,11,13,15,17H,7-10H2,1-2H3,(H,18,19). The van der Waals surface area contributed by atoms with Crippen molar-refractivity contribution in [3.05, 3.63) is 29.8 Å². The highest BCUT2D eigenvalue weighted by molar-refractivity contribution is 5.78. The first-order chi connectivity index (χ1) is 9.08. The zero-order valence-corrected chi connectivity index (χ0v) is 11.7. The third kappa shape index (κ3) is 3.49. The third-order valence-corrected chi connectivity index (χ3v) is 4.25. The average Bonchev–Trinajstić information content (AvgIpc) is 2.39. The normalized spacial score (nSPS) is 24.7. The van der Waals surface area contributed by atoms with E-state index in [9.17, 15) is 9.90 Å². The van der Waals surface area contributed by atoms with Gasteiger partial charge < -0.3 is 10.4 Å². The molecule has 0 heterocycles. The number of aryl methyl sites for hydroxylation is 1. The van der Waals surface area contributed by atoms with Gasteiger partial charge in [0.2, 0.25) is 0 Å². The number of benzene rings is 1. The number of carbonyl (C=O) groups is 1. The number of para-hydroxylation sites is 1. The Morgan fingerprint density at radius 3 is 2.47 bits per heavy atom. The van der Waals surface area contributed by atoms with Crippen molar-refractivity contribution in [1.82, 2.24) is 0 Å². The second-order valence-corrected chi connectivity index (χ2v) is 5.80. The molecule has 2 N–H and O–H groups in total. The maximum absolute atomic E-state index is 11.5. The maximum atomic E-state index is 11.5. The van der Waals surface area contributed by atoms with Crippen molar-refractivity contribution in [2.75, 3.05) is 5.32 Å². The number of anilines is 1. The average molecular weight is 261 g/mol. The number of carboxylic acid groups (broad SMARTS) is 1. The van der Waals surface area contributed by atoms with E-state index in [1.54, 1.807) is 0 Å². The molecule has 2 rings (SSSR count). The minimum absolute atomic E-state index is 0.244. The van der Waals surface area contributed by atoms with E-state index >= 15 is 0 Å². The van der Waals surface area contributed by atoms with Gasteiger partial charge in [0.25, 0.3) is 0 Å². The molecule has 3 nitrogen and oxygen atoms in total. The first kappa shape index (κ1) is 13.9. The highest BCUT2D eigenvalue weighted by Crippen LogP contribution is 2.32. The molecular weight excluding hydrogens is 238 g/mol. The van der Waals surface area contributed by atoms with Crippen LogP contribution in [0.4, 0.5) is 5.69 Å². The van der Waals surface area contributed by atoms with Crippen molar-refractivity contribution < 1.29 is 9.90 Å². The summed E-state index contributed by atoms with van der Waals surface area (Å²) in [6, 6.07) is 7.41. The van der Waals surface area contributed by atoms with E-state index in [0.717, 1.165) is 42.9 Å². The Labute approximate surface area is 115 Å².